The highest BCUT2D eigenvalue weighted by Gasteiger charge is 2.13. The predicted octanol–water partition coefficient (Wildman–Crippen LogP) is 3.15. The lowest BCUT2D eigenvalue weighted by Crippen LogP contribution is -2.37. The van der Waals surface area contributed by atoms with Gasteiger partial charge in [0.05, 0.1) is 18.4 Å². The summed E-state index contributed by atoms with van der Waals surface area (Å²) >= 11 is 0. The lowest BCUT2D eigenvalue weighted by atomic mass is 10.2. The summed E-state index contributed by atoms with van der Waals surface area (Å²) in [6, 6.07) is 17.9. The normalized spacial score (nSPS) is 10.9. The summed E-state index contributed by atoms with van der Waals surface area (Å²) in [5.41, 5.74) is 3.20. The van der Waals surface area contributed by atoms with Crippen LogP contribution in [-0.2, 0) is 11.3 Å². The fraction of sp³-hybridized carbons (Fsp3) is 0.304. The van der Waals surface area contributed by atoms with Crippen molar-refractivity contribution in [2.45, 2.75) is 13.5 Å². The van der Waals surface area contributed by atoms with Gasteiger partial charge in [-0.3, -0.25) is 9.69 Å². The summed E-state index contributed by atoms with van der Waals surface area (Å²) in [5, 5.41) is 4.39. The number of carbonyl (C=O) groups excluding carboxylic acids is 1. The number of para-hydroxylation sites is 1. The molecule has 3 aromatic rings. The fourth-order valence-electron chi connectivity index (χ4n) is 2.91. The zero-order chi connectivity index (χ0) is 20.6. The first-order chi connectivity index (χ1) is 14.0. The van der Waals surface area contributed by atoms with E-state index in [-0.39, 0.29) is 5.91 Å². The Morgan fingerprint density at radius 3 is 2.52 bits per heavy atom. The number of likely N-dealkylation sites (N-methyl/N-ethyl adjacent to an activating group) is 2. The number of hydrogen-bond donors (Lipinski definition) is 0. The third-order valence-corrected chi connectivity index (χ3v) is 4.67. The van der Waals surface area contributed by atoms with Gasteiger partial charge in [-0.2, -0.15) is 5.10 Å². The van der Waals surface area contributed by atoms with Crippen molar-refractivity contribution >= 4 is 5.91 Å². The van der Waals surface area contributed by atoms with E-state index >= 15 is 0 Å². The van der Waals surface area contributed by atoms with Crippen LogP contribution in [0.5, 0.6) is 5.75 Å². The summed E-state index contributed by atoms with van der Waals surface area (Å²) in [4.78, 5) is 16.2. The summed E-state index contributed by atoms with van der Waals surface area (Å²) in [5.74, 6) is 0.915. The highest BCUT2D eigenvalue weighted by molar-refractivity contribution is 5.77. The first kappa shape index (κ1) is 20.6. The van der Waals surface area contributed by atoms with Crippen LogP contribution >= 0.6 is 0 Å². The van der Waals surface area contributed by atoms with Crippen LogP contribution in [0.4, 0.5) is 0 Å². The van der Waals surface area contributed by atoms with Crippen LogP contribution in [-0.4, -0.2) is 59.3 Å². The minimum atomic E-state index is 0.0651. The van der Waals surface area contributed by atoms with Gasteiger partial charge in [-0.25, -0.2) is 4.68 Å². The van der Waals surface area contributed by atoms with Gasteiger partial charge in [0.15, 0.2) is 0 Å². The zero-order valence-corrected chi connectivity index (χ0v) is 17.3. The van der Waals surface area contributed by atoms with Gasteiger partial charge in [0.2, 0.25) is 5.91 Å². The van der Waals surface area contributed by atoms with Crippen molar-refractivity contribution in [3.05, 3.63) is 78.1 Å². The van der Waals surface area contributed by atoms with Gasteiger partial charge in [-0.05, 0) is 38.2 Å². The van der Waals surface area contributed by atoms with E-state index in [0.29, 0.717) is 26.2 Å². The molecule has 0 saturated heterocycles. The second kappa shape index (κ2) is 9.89. The number of aromatic nitrogens is 2. The molecule has 1 amide bonds. The van der Waals surface area contributed by atoms with Crippen LogP contribution in [0.25, 0.3) is 5.69 Å². The predicted molar refractivity (Wildman–Crippen MR) is 114 cm³/mol. The van der Waals surface area contributed by atoms with Gasteiger partial charge in [-0.1, -0.05) is 35.9 Å². The molecule has 0 N–H and O–H groups in total. The van der Waals surface area contributed by atoms with Crippen LogP contribution in [0.2, 0.25) is 0 Å². The molecule has 1 aromatic heterocycles. The SMILES string of the molecule is Cc1ccc(OCCN(C)CC(=O)N(C)Cc2cnn(-c3ccccc3)c2)cc1. The standard InChI is InChI=1S/C23H28N4O2/c1-19-9-11-22(12-10-19)29-14-13-25(2)18-23(28)26(3)16-20-15-24-27(17-20)21-7-5-4-6-8-21/h4-12,15,17H,13-14,16,18H2,1-3H3. The Kier molecular flexibility index (Phi) is 7.03. The number of carbonyl (C=O) groups is 1. The van der Waals surface area contributed by atoms with Gasteiger partial charge >= 0.3 is 0 Å². The van der Waals surface area contributed by atoms with Gasteiger partial charge in [0.25, 0.3) is 0 Å². The molecule has 0 aliphatic rings. The Morgan fingerprint density at radius 1 is 1.07 bits per heavy atom. The number of benzene rings is 2. The molecular formula is C23H28N4O2. The van der Waals surface area contributed by atoms with Crippen LogP contribution in [0.3, 0.4) is 0 Å². The van der Waals surface area contributed by atoms with Crippen LogP contribution in [0.15, 0.2) is 67.0 Å². The second-order valence-electron chi connectivity index (χ2n) is 7.28. The number of nitrogens with zero attached hydrogens (tertiary/aromatic N) is 4. The number of rotatable bonds is 9. The van der Waals surface area contributed by atoms with Gasteiger partial charge in [0, 0.05) is 31.9 Å². The Bertz CT molecular complexity index is 906. The maximum atomic E-state index is 12.5. The monoisotopic (exact) mass is 392 g/mol. The van der Waals surface area contributed by atoms with E-state index in [4.69, 9.17) is 4.74 Å². The highest BCUT2D eigenvalue weighted by atomic mass is 16.5. The first-order valence-electron chi connectivity index (χ1n) is 9.72. The maximum absolute atomic E-state index is 12.5. The van der Waals surface area contributed by atoms with Crippen molar-refractivity contribution < 1.29 is 9.53 Å². The van der Waals surface area contributed by atoms with Crippen molar-refractivity contribution in [2.24, 2.45) is 0 Å². The summed E-state index contributed by atoms with van der Waals surface area (Å²) in [6.45, 7) is 4.14. The maximum Gasteiger partial charge on any atom is 0.236 e. The second-order valence-corrected chi connectivity index (χ2v) is 7.28. The molecule has 0 radical (unpaired) electrons. The highest BCUT2D eigenvalue weighted by Crippen LogP contribution is 2.11. The molecule has 6 heteroatoms. The van der Waals surface area contributed by atoms with E-state index < -0.39 is 0 Å². The summed E-state index contributed by atoms with van der Waals surface area (Å²) in [6.07, 6.45) is 3.76. The molecule has 0 bridgehead atoms. The molecule has 0 aliphatic carbocycles. The van der Waals surface area contributed by atoms with E-state index in [9.17, 15) is 4.79 Å². The minimum Gasteiger partial charge on any atom is -0.492 e. The summed E-state index contributed by atoms with van der Waals surface area (Å²) in [7, 11) is 3.75. The van der Waals surface area contributed by atoms with Crippen molar-refractivity contribution in [1.29, 1.82) is 0 Å². The first-order valence-corrected chi connectivity index (χ1v) is 9.72. The molecule has 6 nitrogen and oxygen atoms in total. The number of ether oxygens (including phenoxy) is 1. The average molecular weight is 393 g/mol. The molecule has 152 valence electrons. The van der Waals surface area contributed by atoms with Gasteiger partial charge in [-0.15, -0.1) is 0 Å². The van der Waals surface area contributed by atoms with Crippen molar-refractivity contribution in [1.82, 2.24) is 19.6 Å². The van der Waals surface area contributed by atoms with E-state index in [2.05, 4.69) is 5.10 Å². The minimum absolute atomic E-state index is 0.0651. The van der Waals surface area contributed by atoms with Crippen molar-refractivity contribution in [3.63, 3.8) is 0 Å². The van der Waals surface area contributed by atoms with Crippen LogP contribution in [0.1, 0.15) is 11.1 Å². The summed E-state index contributed by atoms with van der Waals surface area (Å²) < 4.78 is 7.56. The lowest BCUT2D eigenvalue weighted by Gasteiger charge is -2.21. The molecule has 0 spiro atoms. The fourth-order valence-corrected chi connectivity index (χ4v) is 2.91. The molecule has 29 heavy (non-hydrogen) atoms. The molecule has 0 saturated carbocycles. The van der Waals surface area contributed by atoms with E-state index in [0.717, 1.165) is 17.0 Å². The Morgan fingerprint density at radius 2 is 1.79 bits per heavy atom. The third kappa shape index (κ3) is 6.19. The van der Waals surface area contributed by atoms with Crippen LogP contribution in [0, 0.1) is 6.92 Å². The topological polar surface area (TPSA) is 50.6 Å². The number of hydrogen-bond acceptors (Lipinski definition) is 4. The van der Waals surface area contributed by atoms with Crippen molar-refractivity contribution in [2.75, 3.05) is 33.8 Å². The zero-order valence-electron chi connectivity index (χ0n) is 17.3. The largest absolute Gasteiger partial charge is 0.492 e. The Balaban J connectivity index is 1.42. The molecule has 0 unspecified atom stereocenters. The lowest BCUT2D eigenvalue weighted by molar-refractivity contribution is -0.131. The average Bonchev–Trinajstić information content (AvgIpc) is 3.18. The molecule has 3 rings (SSSR count). The number of aryl methyl sites for hydroxylation is 1. The quantitative estimate of drug-likeness (QED) is 0.561. The number of amides is 1. The molecule has 0 aliphatic heterocycles. The molecule has 0 atom stereocenters. The Hall–Kier alpha value is -3.12. The van der Waals surface area contributed by atoms with E-state index in [1.165, 1.54) is 5.56 Å². The van der Waals surface area contributed by atoms with Gasteiger partial charge < -0.3 is 9.64 Å². The van der Waals surface area contributed by atoms with Crippen LogP contribution < -0.4 is 4.74 Å². The van der Waals surface area contributed by atoms with Crippen molar-refractivity contribution in [3.8, 4) is 11.4 Å². The molecule has 0 fully saturated rings. The van der Waals surface area contributed by atoms with Gasteiger partial charge in [0.1, 0.15) is 12.4 Å². The third-order valence-electron chi connectivity index (χ3n) is 4.67. The molecule has 1 heterocycles. The molecular weight excluding hydrogens is 364 g/mol. The van der Waals surface area contributed by atoms with E-state index in [1.807, 2.05) is 91.4 Å². The molecule has 2 aromatic carbocycles. The Labute approximate surface area is 172 Å². The van der Waals surface area contributed by atoms with E-state index in [1.54, 1.807) is 11.1 Å². The smallest absolute Gasteiger partial charge is 0.236 e.